The zero-order valence-corrected chi connectivity index (χ0v) is 28.1. The molecule has 1 saturated carbocycles. The van der Waals surface area contributed by atoms with Crippen molar-refractivity contribution >= 4 is 33.2 Å². The molecule has 2 aromatic carbocycles. The molecule has 1 fully saturated rings. The van der Waals surface area contributed by atoms with Crippen molar-refractivity contribution in [2.24, 2.45) is 11.8 Å². The molecule has 2 aromatic rings. The van der Waals surface area contributed by atoms with E-state index in [1.165, 1.54) is 23.6 Å². The van der Waals surface area contributed by atoms with Crippen molar-refractivity contribution in [3.63, 3.8) is 0 Å². The molecule has 0 radical (unpaired) electrons. The summed E-state index contributed by atoms with van der Waals surface area (Å²) in [6.45, 7) is 9.51. The summed E-state index contributed by atoms with van der Waals surface area (Å²) in [5, 5.41) is 0.737. The molecule has 0 aromatic heterocycles. The standard InChI is InChI=1S/C36H45ClN2O5S/c1-5-6-7-9-25(2)18-35(40)38-45(41,42)31-14-16-34-33(21-31)39(22-29-12-11-27(29)19-26(3)43-4)23-36(24-44-34)17-8-10-28-20-30(37)13-15-32(28)36/h5-7,9,13-16,20-21,26-27,29H,1,8,10-12,17-19,22-24H2,2-4H3,(H,38,40)/b7-6-,25-9+/t26-,27-,29-,36-/m0/s1. The van der Waals surface area contributed by atoms with E-state index in [2.05, 4.69) is 35.3 Å². The Bertz CT molecular complexity index is 1590. The van der Waals surface area contributed by atoms with E-state index in [0.717, 1.165) is 54.9 Å². The number of sulfonamides is 1. The molecule has 242 valence electrons. The molecule has 9 heteroatoms. The molecule has 4 atom stereocenters. The number of rotatable bonds is 11. The first-order valence-electron chi connectivity index (χ1n) is 15.9. The van der Waals surface area contributed by atoms with E-state index >= 15 is 0 Å². The van der Waals surface area contributed by atoms with Crippen molar-refractivity contribution in [2.75, 3.05) is 31.7 Å². The van der Waals surface area contributed by atoms with Gasteiger partial charge in [-0.1, -0.05) is 54.1 Å². The van der Waals surface area contributed by atoms with Gasteiger partial charge in [0.25, 0.3) is 10.0 Å². The van der Waals surface area contributed by atoms with Crippen LogP contribution in [0.5, 0.6) is 5.75 Å². The van der Waals surface area contributed by atoms with Gasteiger partial charge < -0.3 is 14.4 Å². The summed E-state index contributed by atoms with van der Waals surface area (Å²) in [6.07, 6.45) is 13.3. The number of nitrogens with zero attached hydrogens (tertiary/aromatic N) is 1. The Morgan fingerprint density at radius 2 is 2.02 bits per heavy atom. The third-order valence-corrected chi connectivity index (χ3v) is 11.3. The Morgan fingerprint density at radius 1 is 1.22 bits per heavy atom. The first kappa shape index (κ1) is 33.3. The summed E-state index contributed by atoms with van der Waals surface area (Å²) in [4.78, 5) is 15.1. The highest BCUT2D eigenvalue weighted by Gasteiger charge is 2.43. The smallest absolute Gasteiger partial charge is 0.264 e. The number of fused-ring (bicyclic) bond motifs is 3. The van der Waals surface area contributed by atoms with Gasteiger partial charge in [0.15, 0.2) is 0 Å². The van der Waals surface area contributed by atoms with E-state index in [4.69, 9.17) is 21.1 Å². The molecule has 0 saturated heterocycles. The quantitative estimate of drug-likeness (QED) is 0.260. The number of hydrogen-bond donors (Lipinski definition) is 1. The minimum Gasteiger partial charge on any atom is -0.490 e. The van der Waals surface area contributed by atoms with Crippen molar-refractivity contribution in [2.45, 2.75) is 75.2 Å². The fourth-order valence-electron chi connectivity index (χ4n) is 7.11. The third kappa shape index (κ3) is 7.67. The van der Waals surface area contributed by atoms with Gasteiger partial charge in [-0.05, 0) is 106 Å². The number of carbonyl (C=O) groups excluding carboxylic acids is 1. The molecular weight excluding hydrogens is 608 g/mol. The van der Waals surface area contributed by atoms with Crippen molar-refractivity contribution in [1.29, 1.82) is 0 Å². The number of anilines is 1. The highest BCUT2D eigenvalue weighted by atomic mass is 35.5. The van der Waals surface area contributed by atoms with Crippen LogP contribution in [0.15, 0.2) is 77.7 Å². The number of methoxy groups -OCH3 is 1. The molecule has 0 unspecified atom stereocenters. The van der Waals surface area contributed by atoms with Crippen LogP contribution in [-0.2, 0) is 31.4 Å². The predicted molar refractivity (Wildman–Crippen MR) is 181 cm³/mol. The Kier molecular flexibility index (Phi) is 10.5. The predicted octanol–water partition coefficient (Wildman–Crippen LogP) is 7.15. The summed E-state index contributed by atoms with van der Waals surface area (Å²) in [6, 6.07) is 11.1. The normalized spacial score (nSPS) is 23.8. The average molecular weight is 653 g/mol. The number of nitrogens with one attached hydrogen (secondary N) is 1. The summed E-state index contributed by atoms with van der Waals surface area (Å²) >= 11 is 6.41. The first-order chi connectivity index (χ1) is 21.5. The Labute approximate surface area is 273 Å². The summed E-state index contributed by atoms with van der Waals surface area (Å²) < 4.78 is 41.4. The second-order valence-electron chi connectivity index (χ2n) is 13.0. The second kappa shape index (κ2) is 14.1. The Balaban J connectivity index is 1.46. The van der Waals surface area contributed by atoms with E-state index in [1.54, 1.807) is 50.5 Å². The molecule has 1 spiro atoms. The Hall–Kier alpha value is -3.07. The minimum absolute atomic E-state index is 0.0319. The van der Waals surface area contributed by atoms with Crippen LogP contribution >= 0.6 is 11.6 Å². The van der Waals surface area contributed by atoms with Crippen LogP contribution in [0.2, 0.25) is 5.02 Å². The molecular formula is C36H45ClN2O5S. The van der Waals surface area contributed by atoms with Gasteiger partial charge in [-0.25, -0.2) is 13.1 Å². The Morgan fingerprint density at radius 3 is 2.76 bits per heavy atom. The number of aryl methyl sites for hydroxylation is 1. The molecule has 0 bridgehead atoms. The minimum atomic E-state index is -4.11. The van der Waals surface area contributed by atoms with Gasteiger partial charge in [0.1, 0.15) is 5.75 Å². The lowest BCUT2D eigenvalue weighted by molar-refractivity contribution is -0.118. The first-order valence-corrected chi connectivity index (χ1v) is 17.7. The molecule has 1 heterocycles. The number of hydrogen-bond acceptors (Lipinski definition) is 6. The average Bonchev–Trinajstić information content (AvgIpc) is 3.14. The molecule has 1 N–H and O–H groups in total. The van der Waals surface area contributed by atoms with Gasteiger partial charge in [-0.3, -0.25) is 4.79 Å². The van der Waals surface area contributed by atoms with Crippen LogP contribution in [0.1, 0.15) is 63.5 Å². The van der Waals surface area contributed by atoms with Crippen molar-refractivity contribution in [3.05, 3.63) is 89.0 Å². The number of allylic oxidation sites excluding steroid dienone is 4. The van der Waals surface area contributed by atoms with Gasteiger partial charge in [0.05, 0.1) is 23.3 Å². The number of halogens is 1. The van der Waals surface area contributed by atoms with E-state index in [0.29, 0.717) is 30.7 Å². The van der Waals surface area contributed by atoms with Crippen molar-refractivity contribution < 1.29 is 22.7 Å². The molecule has 7 nitrogen and oxygen atoms in total. The summed E-state index contributed by atoms with van der Waals surface area (Å²) in [5.41, 5.74) is 3.75. The van der Waals surface area contributed by atoms with Crippen LogP contribution in [0.3, 0.4) is 0 Å². The number of benzene rings is 2. The van der Waals surface area contributed by atoms with Gasteiger partial charge in [-0.15, -0.1) is 0 Å². The number of ether oxygens (including phenoxy) is 2. The largest absolute Gasteiger partial charge is 0.490 e. The fourth-order valence-corrected chi connectivity index (χ4v) is 8.31. The zero-order chi connectivity index (χ0) is 32.2. The fraction of sp³-hybridized carbons (Fsp3) is 0.472. The van der Waals surface area contributed by atoms with E-state index in [1.807, 2.05) is 6.07 Å². The summed E-state index contributed by atoms with van der Waals surface area (Å²) in [5.74, 6) is 1.08. The third-order valence-electron chi connectivity index (χ3n) is 9.70. The maximum Gasteiger partial charge on any atom is 0.264 e. The second-order valence-corrected chi connectivity index (χ2v) is 15.1. The molecule has 5 rings (SSSR count). The van der Waals surface area contributed by atoms with E-state index in [9.17, 15) is 13.2 Å². The number of amides is 1. The van der Waals surface area contributed by atoms with E-state index < -0.39 is 15.9 Å². The SMILES string of the molecule is C=C/C=C\C=C(/C)CC(=O)NS(=O)(=O)c1ccc2c(c1)N(C[C@@H]1CC[C@H]1C[C@H](C)OC)C[C@@]1(CCCc3cc(Cl)ccc31)CO2. The van der Waals surface area contributed by atoms with Crippen LogP contribution in [-0.4, -0.2) is 47.2 Å². The van der Waals surface area contributed by atoms with Crippen LogP contribution in [0.25, 0.3) is 0 Å². The van der Waals surface area contributed by atoms with Crippen LogP contribution in [0, 0.1) is 11.8 Å². The number of carbonyl (C=O) groups is 1. The van der Waals surface area contributed by atoms with Crippen molar-refractivity contribution in [1.82, 2.24) is 4.72 Å². The molecule has 3 aliphatic rings. The molecule has 1 amide bonds. The highest BCUT2D eigenvalue weighted by molar-refractivity contribution is 7.90. The monoisotopic (exact) mass is 652 g/mol. The van der Waals surface area contributed by atoms with E-state index in [-0.39, 0.29) is 22.8 Å². The zero-order valence-electron chi connectivity index (χ0n) is 26.6. The lowest BCUT2D eigenvalue weighted by Gasteiger charge is -2.45. The highest BCUT2D eigenvalue weighted by Crippen LogP contribution is 2.47. The maximum atomic E-state index is 13.5. The van der Waals surface area contributed by atoms with Gasteiger partial charge in [0.2, 0.25) is 5.91 Å². The van der Waals surface area contributed by atoms with Crippen LogP contribution in [0.4, 0.5) is 5.69 Å². The van der Waals surface area contributed by atoms with Crippen LogP contribution < -0.4 is 14.4 Å². The lowest BCUT2D eigenvalue weighted by atomic mass is 9.68. The topological polar surface area (TPSA) is 84.9 Å². The molecule has 1 aliphatic heterocycles. The molecule has 45 heavy (non-hydrogen) atoms. The summed E-state index contributed by atoms with van der Waals surface area (Å²) in [7, 11) is -2.35. The molecule has 2 aliphatic carbocycles. The van der Waals surface area contributed by atoms with Gasteiger partial charge >= 0.3 is 0 Å². The van der Waals surface area contributed by atoms with Gasteiger partial charge in [0, 0.05) is 37.1 Å². The van der Waals surface area contributed by atoms with Gasteiger partial charge in [-0.2, -0.15) is 0 Å². The maximum absolute atomic E-state index is 13.5. The van der Waals surface area contributed by atoms with Crippen molar-refractivity contribution in [3.8, 4) is 5.75 Å². The lowest BCUT2D eigenvalue weighted by Crippen LogP contribution is -2.48.